The van der Waals surface area contributed by atoms with Gasteiger partial charge in [0.1, 0.15) is 0 Å². The largest absolute Gasteiger partial charge is 0.341 e. The van der Waals surface area contributed by atoms with E-state index < -0.39 is 0 Å². The third-order valence-electron chi connectivity index (χ3n) is 3.39. The molecule has 0 aliphatic heterocycles. The first-order chi connectivity index (χ1) is 8.56. The summed E-state index contributed by atoms with van der Waals surface area (Å²) in [5, 5.41) is 0. The lowest BCUT2D eigenvalue weighted by Crippen LogP contribution is -2.11. The van der Waals surface area contributed by atoms with Gasteiger partial charge >= 0.3 is 0 Å². The van der Waals surface area contributed by atoms with E-state index in [1.807, 2.05) is 26.0 Å². The lowest BCUT2D eigenvalue weighted by molar-refractivity contribution is 0.112. The number of aldehydes is 1. The van der Waals surface area contributed by atoms with Crippen molar-refractivity contribution >= 4 is 28.9 Å². The molecule has 3 heteroatoms. The van der Waals surface area contributed by atoms with E-state index in [0.717, 1.165) is 23.2 Å². The molecule has 0 aliphatic carbocycles. The first-order valence-electron chi connectivity index (χ1n) is 5.94. The van der Waals surface area contributed by atoms with Gasteiger partial charge in [-0.3, -0.25) is 4.79 Å². The predicted molar refractivity (Wildman–Crippen MR) is 82.3 cm³/mol. The molecule has 0 saturated heterocycles. The van der Waals surface area contributed by atoms with E-state index in [2.05, 4.69) is 52.3 Å². The molecule has 1 unspecified atom stereocenters. The van der Waals surface area contributed by atoms with Gasteiger partial charge in [0.25, 0.3) is 0 Å². The van der Waals surface area contributed by atoms with Crippen LogP contribution in [0.5, 0.6) is 0 Å². The lowest BCUT2D eigenvalue weighted by atomic mass is 10.1. The molecule has 0 amide bonds. The van der Waals surface area contributed by atoms with Crippen LogP contribution in [0.15, 0.2) is 30.3 Å². The molecular formula is C15H16INO. The van der Waals surface area contributed by atoms with Crippen LogP contribution in [0.4, 0.5) is 0 Å². The zero-order valence-electron chi connectivity index (χ0n) is 10.8. The standard InChI is InChI=1S/C15H16INO/c1-10-8-13(9-18)11(2)17(10)12(3)14-6-4-5-7-15(14)16/h4-9,12H,1-3H3. The van der Waals surface area contributed by atoms with Gasteiger partial charge in [0, 0.05) is 20.5 Å². The Morgan fingerprint density at radius 1 is 1.28 bits per heavy atom. The van der Waals surface area contributed by atoms with Gasteiger partial charge in [-0.2, -0.15) is 0 Å². The van der Waals surface area contributed by atoms with Crippen LogP contribution >= 0.6 is 22.6 Å². The molecule has 0 N–H and O–H groups in total. The average Bonchev–Trinajstić information content (AvgIpc) is 2.64. The fourth-order valence-electron chi connectivity index (χ4n) is 2.47. The minimum Gasteiger partial charge on any atom is -0.341 e. The highest BCUT2D eigenvalue weighted by atomic mass is 127. The van der Waals surface area contributed by atoms with Crippen molar-refractivity contribution in [2.45, 2.75) is 26.8 Å². The maximum Gasteiger partial charge on any atom is 0.151 e. The van der Waals surface area contributed by atoms with E-state index in [9.17, 15) is 4.79 Å². The molecule has 1 heterocycles. The number of halogens is 1. The highest BCUT2D eigenvalue weighted by Crippen LogP contribution is 2.27. The zero-order chi connectivity index (χ0) is 13.3. The second kappa shape index (κ2) is 5.26. The van der Waals surface area contributed by atoms with Gasteiger partial charge in [-0.05, 0) is 61.1 Å². The molecule has 2 aromatic rings. The number of carbonyl (C=O) groups excluding carboxylic acids is 1. The van der Waals surface area contributed by atoms with Crippen molar-refractivity contribution in [3.8, 4) is 0 Å². The molecule has 0 saturated carbocycles. The fourth-order valence-corrected chi connectivity index (χ4v) is 3.31. The van der Waals surface area contributed by atoms with Crippen molar-refractivity contribution in [2.24, 2.45) is 0 Å². The van der Waals surface area contributed by atoms with Crippen LogP contribution < -0.4 is 0 Å². The van der Waals surface area contributed by atoms with Crippen molar-refractivity contribution < 1.29 is 4.79 Å². The van der Waals surface area contributed by atoms with Crippen molar-refractivity contribution in [3.63, 3.8) is 0 Å². The number of hydrogen-bond acceptors (Lipinski definition) is 1. The monoisotopic (exact) mass is 353 g/mol. The second-order valence-electron chi connectivity index (χ2n) is 4.51. The van der Waals surface area contributed by atoms with E-state index in [1.165, 1.54) is 9.13 Å². The van der Waals surface area contributed by atoms with Gasteiger partial charge in [-0.25, -0.2) is 0 Å². The topological polar surface area (TPSA) is 22.0 Å². The summed E-state index contributed by atoms with van der Waals surface area (Å²) in [5.74, 6) is 0. The molecule has 1 atom stereocenters. The second-order valence-corrected chi connectivity index (χ2v) is 5.67. The van der Waals surface area contributed by atoms with Gasteiger partial charge in [0.05, 0.1) is 6.04 Å². The zero-order valence-corrected chi connectivity index (χ0v) is 12.9. The summed E-state index contributed by atoms with van der Waals surface area (Å²) in [6.45, 7) is 6.22. The molecule has 0 bridgehead atoms. The van der Waals surface area contributed by atoms with Gasteiger partial charge in [0.15, 0.2) is 6.29 Å². The van der Waals surface area contributed by atoms with Crippen LogP contribution in [0, 0.1) is 17.4 Å². The Hall–Kier alpha value is -1.10. The Balaban J connectivity index is 2.53. The van der Waals surface area contributed by atoms with Crippen LogP contribution in [-0.4, -0.2) is 10.9 Å². The summed E-state index contributed by atoms with van der Waals surface area (Å²) >= 11 is 2.36. The summed E-state index contributed by atoms with van der Waals surface area (Å²) in [6.07, 6.45) is 0.932. The summed E-state index contributed by atoms with van der Waals surface area (Å²) in [4.78, 5) is 11.0. The first kappa shape index (κ1) is 13.3. The van der Waals surface area contributed by atoms with Gasteiger partial charge in [-0.1, -0.05) is 18.2 Å². The van der Waals surface area contributed by atoms with E-state index in [0.29, 0.717) is 0 Å². The van der Waals surface area contributed by atoms with E-state index >= 15 is 0 Å². The number of aromatic nitrogens is 1. The molecule has 2 rings (SSSR count). The third-order valence-corrected chi connectivity index (χ3v) is 4.38. The van der Waals surface area contributed by atoms with Crippen LogP contribution in [0.3, 0.4) is 0 Å². The predicted octanol–water partition coefficient (Wildman–Crippen LogP) is 4.13. The van der Waals surface area contributed by atoms with Gasteiger partial charge in [0.2, 0.25) is 0 Å². The highest BCUT2D eigenvalue weighted by molar-refractivity contribution is 14.1. The molecule has 0 aliphatic rings. The highest BCUT2D eigenvalue weighted by Gasteiger charge is 2.16. The number of nitrogens with zero attached hydrogens (tertiary/aromatic N) is 1. The fraction of sp³-hybridized carbons (Fsp3) is 0.267. The Morgan fingerprint density at radius 3 is 2.50 bits per heavy atom. The molecular weight excluding hydrogens is 337 g/mol. The lowest BCUT2D eigenvalue weighted by Gasteiger charge is -2.20. The Morgan fingerprint density at radius 2 is 1.94 bits per heavy atom. The summed E-state index contributed by atoms with van der Waals surface area (Å²) in [5.41, 5.74) is 4.24. The summed E-state index contributed by atoms with van der Waals surface area (Å²) < 4.78 is 3.48. The van der Waals surface area contributed by atoms with Gasteiger partial charge in [-0.15, -0.1) is 0 Å². The minimum atomic E-state index is 0.242. The van der Waals surface area contributed by atoms with Gasteiger partial charge < -0.3 is 4.57 Å². The molecule has 1 aromatic heterocycles. The van der Waals surface area contributed by atoms with E-state index in [-0.39, 0.29) is 6.04 Å². The number of carbonyl (C=O) groups is 1. The molecule has 18 heavy (non-hydrogen) atoms. The number of aryl methyl sites for hydroxylation is 1. The summed E-state index contributed by atoms with van der Waals surface area (Å²) in [6, 6.07) is 10.6. The van der Waals surface area contributed by atoms with Crippen LogP contribution in [-0.2, 0) is 0 Å². The average molecular weight is 353 g/mol. The van der Waals surface area contributed by atoms with Crippen molar-refractivity contribution in [1.29, 1.82) is 0 Å². The quantitative estimate of drug-likeness (QED) is 0.601. The maximum atomic E-state index is 11.0. The number of hydrogen-bond donors (Lipinski definition) is 0. The van der Waals surface area contributed by atoms with Crippen molar-refractivity contribution in [2.75, 3.05) is 0 Å². The molecule has 0 fully saturated rings. The third kappa shape index (κ3) is 2.23. The molecule has 0 radical (unpaired) electrons. The number of benzene rings is 1. The Kier molecular flexibility index (Phi) is 3.90. The molecule has 1 aromatic carbocycles. The van der Waals surface area contributed by atoms with Crippen LogP contribution in [0.2, 0.25) is 0 Å². The van der Waals surface area contributed by atoms with Crippen molar-refractivity contribution in [1.82, 2.24) is 4.57 Å². The van der Waals surface area contributed by atoms with Crippen LogP contribution in [0.1, 0.15) is 40.3 Å². The maximum absolute atomic E-state index is 11.0. The van der Waals surface area contributed by atoms with Crippen molar-refractivity contribution in [3.05, 3.63) is 56.4 Å². The van der Waals surface area contributed by atoms with E-state index in [4.69, 9.17) is 0 Å². The smallest absolute Gasteiger partial charge is 0.151 e. The minimum absolute atomic E-state index is 0.242. The summed E-state index contributed by atoms with van der Waals surface area (Å²) in [7, 11) is 0. The van der Waals surface area contributed by atoms with Crippen LogP contribution in [0.25, 0.3) is 0 Å². The molecule has 2 nitrogen and oxygen atoms in total. The number of rotatable bonds is 3. The molecule has 0 spiro atoms. The Bertz CT molecular complexity index is 586. The normalized spacial score (nSPS) is 12.4. The van der Waals surface area contributed by atoms with E-state index in [1.54, 1.807) is 0 Å². The Labute approximate surface area is 121 Å². The SMILES string of the molecule is Cc1cc(C=O)c(C)n1C(C)c1ccccc1I. The molecule has 94 valence electrons. The first-order valence-corrected chi connectivity index (χ1v) is 7.02.